The van der Waals surface area contributed by atoms with Gasteiger partial charge in [-0.05, 0) is 30.3 Å². The van der Waals surface area contributed by atoms with Crippen LogP contribution in [0.25, 0.3) is 10.9 Å². The van der Waals surface area contributed by atoms with Gasteiger partial charge in [0.05, 0.1) is 23.7 Å². The number of benzene rings is 2. The predicted molar refractivity (Wildman–Crippen MR) is 92.7 cm³/mol. The average Bonchev–Trinajstić information content (AvgIpc) is 2.60. The molecule has 0 spiro atoms. The summed E-state index contributed by atoms with van der Waals surface area (Å²) in [6.45, 7) is 0. The van der Waals surface area contributed by atoms with Gasteiger partial charge >= 0.3 is 0 Å². The van der Waals surface area contributed by atoms with Crippen LogP contribution in [0, 0.1) is 0 Å². The topological polar surface area (TPSA) is 128 Å². The number of fused-ring (bicyclic) bond motifs is 1. The monoisotopic (exact) mass is 373 g/mol. The summed E-state index contributed by atoms with van der Waals surface area (Å²) in [6.07, 6.45) is 0. The van der Waals surface area contributed by atoms with Crippen LogP contribution >= 0.6 is 0 Å². The van der Waals surface area contributed by atoms with Crippen molar-refractivity contribution in [3.05, 3.63) is 64.4 Å². The Labute approximate surface area is 148 Å². The number of aromatic carboxylic acids is 1. The van der Waals surface area contributed by atoms with Crippen LogP contribution in [0.15, 0.2) is 58.2 Å². The van der Waals surface area contributed by atoms with E-state index in [-0.39, 0.29) is 21.5 Å². The van der Waals surface area contributed by atoms with Crippen molar-refractivity contribution in [1.82, 2.24) is 4.98 Å². The van der Waals surface area contributed by atoms with Gasteiger partial charge in [-0.1, -0.05) is 12.1 Å². The summed E-state index contributed by atoms with van der Waals surface area (Å²) < 4.78 is 32.8. The lowest BCUT2D eigenvalue weighted by Crippen LogP contribution is -2.25. The Morgan fingerprint density at radius 1 is 1.15 bits per heavy atom. The molecule has 0 amide bonds. The summed E-state index contributed by atoms with van der Waals surface area (Å²) in [4.78, 5) is 25.0. The molecular formula is C17H13N2O6S-. The molecule has 0 aliphatic carbocycles. The van der Waals surface area contributed by atoms with Gasteiger partial charge in [0.2, 0.25) is 5.56 Å². The van der Waals surface area contributed by atoms with Gasteiger partial charge < -0.3 is 19.6 Å². The van der Waals surface area contributed by atoms with Crippen molar-refractivity contribution in [2.45, 2.75) is 4.90 Å². The molecule has 2 N–H and O–H groups in total. The molecule has 0 aliphatic rings. The molecule has 26 heavy (non-hydrogen) atoms. The molecule has 0 saturated heterocycles. The summed E-state index contributed by atoms with van der Waals surface area (Å²) in [7, 11) is -2.62. The Kier molecular flexibility index (Phi) is 4.39. The minimum Gasteiger partial charge on any atom is -0.545 e. The second-order valence-corrected chi connectivity index (χ2v) is 7.03. The van der Waals surface area contributed by atoms with E-state index >= 15 is 0 Å². The molecule has 8 nitrogen and oxygen atoms in total. The lowest BCUT2D eigenvalue weighted by atomic mass is 10.1. The molecular weight excluding hydrogens is 360 g/mol. The van der Waals surface area contributed by atoms with E-state index in [2.05, 4.69) is 9.71 Å². The number of para-hydroxylation sites is 2. The van der Waals surface area contributed by atoms with Gasteiger partial charge in [0.1, 0.15) is 5.75 Å². The van der Waals surface area contributed by atoms with E-state index in [1.807, 2.05) is 0 Å². The quantitative estimate of drug-likeness (QED) is 0.677. The fourth-order valence-corrected chi connectivity index (χ4v) is 3.60. The minimum absolute atomic E-state index is 0.0486. The molecule has 0 aliphatic heterocycles. The standard InChI is InChI=1S/C17H14N2O6S/c1-25-15-5-3-2-4-14(15)19-26(23,24)10-6-7-13-11(8-10)12(17(21)22)9-16(20)18-13/h2-9,19H,1H3,(H,18,20)(H,21,22)/p-1. The highest BCUT2D eigenvalue weighted by molar-refractivity contribution is 7.92. The van der Waals surface area contributed by atoms with Gasteiger partial charge in [-0.15, -0.1) is 0 Å². The molecule has 0 bridgehead atoms. The third kappa shape index (κ3) is 3.24. The third-order valence-corrected chi connectivity index (χ3v) is 5.06. The van der Waals surface area contributed by atoms with Gasteiger partial charge in [0.25, 0.3) is 10.0 Å². The summed E-state index contributed by atoms with van der Waals surface area (Å²) >= 11 is 0. The molecule has 1 aromatic heterocycles. The normalized spacial score (nSPS) is 11.3. The van der Waals surface area contributed by atoms with E-state index in [0.717, 1.165) is 12.1 Å². The van der Waals surface area contributed by atoms with Gasteiger partial charge in [0, 0.05) is 22.5 Å². The first-order valence-corrected chi connectivity index (χ1v) is 8.84. The van der Waals surface area contributed by atoms with Gasteiger partial charge in [-0.2, -0.15) is 0 Å². The SMILES string of the molecule is COc1ccccc1NS(=O)(=O)c1ccc2[nH]c(=O)cc(C(=O)[O-])c2c1. The number of carbonyl (C=O) groups is 1. The molecule has 0 atom stereocenters. The predicted octanol–water partition coefficient (Wildman–Crippen LogP) is 0.701. The first-order chi connectivity index (χ1) is 12.3. The van der Waals surface area contributed by atoms with Crippen molar-refractivity contribution in [3.63, 3.8) is 0 Å². The number of ether oxygens (including phenoxy) is 1. The number of aromatic nitrogens is 1. The molecule has 1 heterocycles. The van der Waals surface area contributed by atoms with E-state index in [1.165, 1.54) is 25.3 Å². The first-order valence-electron chi connectivity index (χ1n) is 7.36. The fraction of sp³-hybridized carbons (Fsp3) is 0.0588. The smallest absolute Gasteiger partial charge is 0.262 e. The van der Waals surface area contributed by atoms with Crippen molar-refractivity contribution in [3.8, 4) is 5.75 Å². The number of hydrogen-bond acceptors (Lipinski definition) is 6. The Hall–Kier alpha value is -3.33. The van der Waals surface area contributed by atoms with E-state index in [9.17, 15) is 23.1 Å². The molecule has 2 aromatic carbocycles. The third-order valence-electron chi connectivity index (χ3n) is 3.70. The summed E-state index contributed by atoms with van der Waals surface area (Å²) in [6, 6.07) is 11.0. The number of methoxy groups -OCH3 is 1. The number of nitrogens with one attached hydrogen (secondary N) is 2. The maximum atomic E-state index is 12.7. The first kappa shape index (κ1) is 17.5. The number of anilines is 1. The summed E-state index contributed by atoms with van der Waals surface area (Å²) in [5.41, 5.74) is -0.595. The number of H-pyrrole nitrogens is 1. The number of pyridine rings is 1. The highest BCUT2D eigenvalue weighted by atomic mass is 32.2. The average molecular weight is 373 g/mol. The van der Waals surface area contributed by atoms with Crippen LogP contribution < -0.4 is 20.1 Å². The van der Waals surface area contributed by atoms with Crippen LogP contribution in [-0.4, -0.2) is 26.5 Å². The van der Waals surface area contributed by atoms with Crippen molar-refractivity contribution in [2.75, 3.05) is 11.8 Å². The van der Waals surface area contributed by atoms with Gasteiger partial charge in [0.15, 0.2) is 0 Å². The molecule has 134 valence electrons. The van der Waals surface area contributed by atoms with Gasteiger partial charge in [-0.25, -0.2) is 8.42 Å². The molecule has 0 fully saturated rings. The van der Waals surface area contributed by atoms with E-state index in [1.54, 1.807) is 18.2 Å². The van der Waals surface area contributed by atoms with Crippen molar-refractivity contribution >= 4 is 32.6 Å². The fourth-order valence-electron chi connectivity index (χ4n) is 2.50. The molecule has 3 rings (SSSR count). The highest BCUT2D eigenvalue weighted by Gasteiger charge is 2.18. The zero-order chi connectivity index (χ0) is 18.9. The number of carboxylic acid groups (broad SMARTS) is 1. The Balaban J connectivity index is 2.12. The Morgan fingerprint density at radius 2 is 1.88 bits per heavy atom. The van der Waals surface area contributed by atoms with E-state index < -0.39 is 27.1 Å². The number of aromatic amines is 1. The van der Waals surface area contributed by atoms with Crippen LogP contribution in [0.1, 0.15) is 10.4 Å². The van der Waals surface area contributed by atoms with Crippen LogP contribution in [0.2, 0.25) is 0 Å². The van der Waals surface area contributed by atoms with Crippen LogP contribution in [-0.2, 0) is 10.0 Å². The summed E-state index contributed by atoms with van der Waals surface area (Å²) in [5, 5.41) is 11.3. The summed E-state index contributed by atoms with van der Waals surface area (Å²) in [5.74, 6) is -1.25. The highest BCUT2D eigenvalue weighted by Crippen LogP contribution is 2.27. The molecule has 9 heteroatoms. The zero-order valence-corrected chi connectivity index (χ0v) is 14.3. The number of carboxylic acids is 1. The molecule has 0 saturated carbocycles. The van der Waals surface area contributed by atoms with Crippen LogP contribution in [0.3, 0.4) is 0 Å². The van der Waals surface area contributed by atoms with Crippen molar-refractivity contribution in [1.29, 1.82) is 0 Å². The second-order valence-electron chi connectivity index (χ2n) is 5.35. The van der Waals surface area contributed by atoms with E-state index in [4.69, 9.17) is 4.74 Å². The van der Waals surface area contributed by atoms with E-state index in [0.29, 0.717) is 5.75 Å². The van der Waals surface area contributed by atoms with Crippen molar-refractivity contribution < 1.29 is 23.1 Å². The Bertz CT molecular complexity index is 1170. The molecule has 0 radical (unpaired) electrons. The second kappa shape index (κ2) is 6.52. The number of hydrogen-bond donors (Lipinski definition) is 2. The maximum Gasteiger partial charge on any atom is 0.262 e. The lowest BCUT2D eigenvalue weighted by molar-refractivity contribution is -0.254. The van der Waals surface area contributed by atoms with Crippen LogP contribution in [0.5, 0.6) is 5.75 Å². The van der Waals surface area contributed by atoms with Crippen molar-refractivity contribution in [2.24, 2.45) is 0 Å². The number of sulfonamides is 1. The molecule has 0 unspecified atom stereocenters. The maximum absolute atomic E-state index is 12.7. The number of carbonyl (C=O) groups excluding carboxylic acids is 1. The van der Waals surface area contributed by atoms with Crippen LogP contribution in [0.4, 0.5) is 5.69 Å². The largest absolute Gasteiger partial charge is 0.545 e. The zero-order valence-electron chi connectivity index (χ0n) is 13.5. The minimum atomic E-state index is -4.03. The molecule has 3 aromatic rings. The Morgan fingerprint density at radius 3 is 2.58 bits per heavy atom. The van der Waals surface area contributed by atoms with Gasteiger partial charge in [-0.3, -0.25) is 9.52 Å². The lowest BCUT2D eigenvalue weighted by Gasteiger charge is -2.13. The number of rotatable bonds is 5.